The highest BCUT2D eigenvalue weighted by molar-refractivity contribution is 7.25. The number of fused-ring (bicyclic) bond motifs is 6. The van der Waals surface area contributed by atoms with Gasteiger partial charge in [-0.25, -0.2) is 0 Å². The number of nitrogens with zero attached hydrogens (tertiary/aromatic N) is 1. The van der Waals surface area contributed by atoms with E-state index in [9.17, 15) is 5.26 Å². The number of nitriles is 1. The van der Waals surface area contributed by atoms with Crippen molar-refractivity contribution in [2.24, 2.45) is 0 Å². The number of thiophene rings is 1. The fourth-order valence-electron chi connectivity index (χ4n) is 6.82. The summed E-state index contributed by atoms with van der Waals surface area (Å²) < 4.78 is 9.04. The van der Waals surface area contributed by atoms with Gasteiger partial charge in [-0.15, -0.1) is 11.3 Å². The van der Waals surface area contributed by atoms with E-state index in [1.807, 2.05) is 47.7 Å². The van der Waals surface area contributed by atoms with Crippen molar-refractivity contribution in [1.82, 2.24) is 0 Å². The summed E-state index contributed by atoms with van der Waals surface area (Å²) in [6.45, 7) is 0. The van der Waals surface area contributed by atoms with Crippen LogP contribution in [0.25, 0.3) is 86.6 Å². The van der Waals surface area contributed by atoms with Crippen LogP contribution >= 0.6 is 11.3 Å². The minimum Gasteiger partial charge on any atom is -0.455 e. The maximum Gasteiger partial charge on any atom is 0.143 e. The predicted molar refractivity (Wildman–Crippen MR) is 193 cm³/mol. The first kappa shape index (κ1) is 26.5. The van der Waals surface area contributed by atoms with Gasteiger partial charge in [0.1, 0.15) is 11.2 Å². The van der Waals surface area contributed by atoms with Gasteiger partial charge in [0.15, 0.2) is 0 Å². The lowest BCUT2D eigenvalue weighted by atomic mass is 9.86. The second kappa shape index (κ2) is 10.6. The van der Waals surface area contributed by atoms with Gasteiger partial charge in [0, 0.05) is 42.1 Å². The summed E-state index contributed by atoms with van der Waals surface area (Å²) in [5, 5.41) is 14.8. The fraction of sp³-hybridized carbons (Fsp3) is 0. The Bertz CT molecular complexity index is 2670. The summed E-state index contributed by atoms with van der Waals surface area (Å²) in [6.07, 6.45) is 0. The van der Waals surface area contributed by atoms with Crippen molar-refractivity contribution in [2.45, 2.75) is 0 Å². The summed E-state index contributed by atoms with van der Waals surface area (Å²) in [7, 11) is 0. The average Bonchev–Trinajstić information content (AvgIpc) is 3.69. The van der Waals surface area contributed by atoms with E-state index >= 15 is 0 Å². The quantitative estimate of drug-likeness (QED) is 0.201. The molecule has 9 aromatic rings. The molecule has 0 amide bonds. The molecule has 9 rings (SSSR count). The normalized spacial score (nSPS) is 11.5. The molecule has 0 aliphatic carbocycles. The Morgan fingerprint density at radius 3 is 1.93 bits per heavy atom. The van der Waals surface area contributed by atoms with Gasteiger partial charge < -0.3 is 4.42 Å². The van der Waals surface area contributed by atoms with E-state index in [1.165, 1.54) is 20.2 Å². The molecule has 0 radical (unpaired) electrons. The molecule has 0 aliphatic rings. The summed E-state index contributed by atoms with van der Waals surface area (Å²) >= 11 is 1.83. The monoisotopic (exact) mass is 603 g/mol. The van der Waals surface area contributed by atoms with E-state index < -0.39 is 0 Å². The van der Waals surface area contributed by atoms with Gasteiger partial charge in [0.05, 0.1) is 11.6 Å². The zero-order valence-corrected chi connectivity index (χ0v) is 25.5. The molecule has 0 aliphatic heterocycles. The Hall–Kier alpha value is -5.95. The summed E-state index contributed by atoms with van der Waals surface area (Å²) in [5.41, 5.74) is 11.0. The first-order valence-corrected chi connectivity index (χ1v) is 16.1. The molecule has 0 spiro atoms. The van der Waals surface area contributed by atoms with Crippen molar-refractivity contribution in [1.29, 1.82) is 5.26 Å². The maximum absolute atomic E-state index is 10.0. The van der Waals surface area contributed by atoms with Gasteiger partial charge in [0.2, 0.25) is 0 Å². The second-order valence-corrected chi connectivity index (χ2v) is 12.6. The number of benzene rings is 7. The molecule has 0 saturated heterocycles. The van der Waals surface area contributed by atoms with Crippen LogP contribution in [-0.4, -0.2) is 0 Å². The Morgan fingerprint density at radius 2 is 1.07 bits per heavy atom. The highest BCUT2D eigenvalue weighted by Crippen LogP contribution is 2.44. The molecule has 7 aromatic carbocycles. The van der Waals surface area contributed by atoms with E-state index in [2.05, 4.69) is 121 Å². The summed E-state index contributed by atoms with van der Waals surface area (Å²) in [4.78, 5) is 0. The number of hydrogen-bond donors (Lipinski definition) is 0. The van der Waals surface area contributed by atoms with Crippen molar-refractivity contribution < 1.29 is 4.42 Å². The molecule has 46 heavy (non-hydrogen) atoms. The Kier molecular flexibility index (Phi) is 6.09. The predicted octanol–water partition coefficient (Wildman–Crippen LogP) is 12.5. The van der Waals surface area contributed by atoms with E-state index in [0.717, 1.165) is 66.4 Å². The van der Waals surface area contributed by atoms with Crippen molar-refractivity contribution in [3.8, 4) is 50.6 Å². The molecule has 0 bridgehead atoms. The van der Waals surface area contributed by atoms with Gasteiger partial charge in [0.25, 0.3) is 0 Å². The minimum atomic E-state index is 0.658. The van der Waals surface area contributed by atoms with Crippen LogP contribution in [0.1, 0.15) is 5.56 Å². The van der Waals surface area contributed by atoms with Crippen molar-refractivity contribution in [3.63, 3.8) is 0 Å². The number of hydrogen-bond acceptors (Lipinski definition) is 3. The largest absolute Gasteiger partial charge is 0.455 e. The van der Waals surface area contributed by atoms with Crippen LogP contribution < -0.4 is 0 Å². The topological polar surface area (TPSA) is 36.9 Å². The molecule has 0 atom stereocenters. The first-order valence-electron chi connectivity index (χ1n) is 15.3. The minimum absolute atomic E-state index is 0.658. The number of furan rings is 1. The SMILES string of the molecule is N#Cc1ccccc1-c1ccccc1-c1cc(-c2cccc3c2oc2ccccc23)ccc1-c1ccc2sc3ccccc3c2c1. The molecule has 2 heterocycles. The average molecular weight is 604 g/mol. The van der Waals surface area contributed by atoms with Crippen LogP contribution in [0, 0.1) is 11.3 Å². The number of para-hydroxylation sites is 2. The molecular formula is C43H25NOS. The zero-order chi connectivity index (χ0) is 30.6. The maximum atomic E-state index is 10.0. The van der Waals surface area contributed by atoms with E-state index in [1.54, 1.807) is 0 Å². The standard InChI is InChI=1S/C43H25NOS/c44-26-29-10-1-2-11-30(29)33-12-3-4-13-34(33)38-24-28(32-16-9-17-37-35-14-5-7-18-40(35)45-43(32)37)20-22-31(38)27-21-23-42-39(25-27)36-15-6-8-19-41(36)46-42/h1-25H. The molecule has 0 N–H and O–H groups in total. The fourth-order valence-corrected chi connectivity index (χ4v) is 7.91. The van der Waals surface area contributed by atoms with Crippen LogP contribution in [0.15, 0.2) is 156 Å². The lowest BCUT2D eigenvalue weighted by molar-refractivity contribution is 0.670. The van der Waals surface area contributed by atoms with Gasteiger partial charge in [-0.1, -0.05) is 115 Å². The smallest absolute Gasteiger partial charge is 0.143 e. The van der Waals surface area contributed by atoms with Crippen LogP contribution in [0.3, 0.4) is 0 Å². The van der Waals surface area contributed by atoms with Gasteiger partial charge in [-0.3, -0.25) is 0 Å². The second-order valence-electron chi connectivity index (χ2n) is 11.6. The van der Waals surface area contributed by atoms with E-state index in [4.69, 9.17) is 4.42 Å². The van der Waals surface area contributed by atoms with Crippen LogP contribution in [0.5, 0.6) is 0 Å². The van der Waals surface area contributed by atoms with Gasteiger partial charge in [-0.05, 0) is 69.8 Å². The lowest BCUT2D eigenvalue weighted by Gasteiger charge is -2.17. The van der Waals surface area contributed by atoms with Gasteiger partial charge in [-0.2, -0.15) is 5.26 Å². The van der Waals surface area contributed by atoms with Gasteiger partial charge >= 0.3 is 0 Å². The number of rotatable bonds is 4. The third-order valence-corrected chi connectivity index (χ3v) is 10.1. The lowest BCUT2D eigenvalue weighted by Crippen LogP contribution is -1.92. The summed E-state index contributed by atoms with van der Waals surface area (Å²) in [5.74, 6) is 0. The summed E-state index contributed by atoms with van der Waals surface area (Å²) in [6, 6.07) is 55.5. The van der Waals surface area contributed by atoms with Crippen LogP contribution in [0.4, 0.5) is 0 Å². The Labute approximate surface area is 270 Å². The molecule has 3 heteroatoms. The highest BCUT2D eigenvalue weighted by Gasteiger charge is 2.18. The van der Waals surface area contributed by atoms with E-state index in [0.29, 0.717) is 5.56 Å². The van der Waals surface area contributed by atoms with Crippen molar-refractivity contribution >= 4 is 53.4 Å². The van der Waals surface area contributed by atoms with Crippen molar-refractivity contribution in [3.05, 3.63) is 157 Å². The molecule has 0 fully saturated rings. The first-order chi connectivity index (χ1) is 22.8. The molecular weight excluding hydrogens is 579 g/mol. The zero-order valence-electron chi connectivity index (χ0n) is 24.7. The Morgan fingerprint density at radius 1 is 0.435 bits per heavy atom. The third-order valence-electron chi connectivity index (χ3n) is 8.98. The van der Waals surface area contributed by atoms with Crippen LogP contribution in [0.2, 0.25) is 0 Å². The molecule has 0 saturated carbocycles. The van der Waals surface area contributed by atoms with Crippen LogP contribution in [-0.2, 0) is 0 Å². The Balaban J connectivity index is 1.32. The molecule has 2 nitrogen and oxygen atoms in total. The molecule has 0 unspecified atom stereocenters. The molecule has 214 valence electrons. The van der Waals surface area contributed by atoms with E-state index in [-0.39, 0.29) is 0 Å². The highest BCUT2D eigenvalue weighted by atomic mass is 32.1. The third kappa shape index (κ3) is 4.16. The molecule has 2 aromatic heterocycles. The van der Waals surface area contributed by atoms with Crippen molar-refractivity contribution in [2.75, 3.05) is 0 Å².